The summed E-state index contributed by atoms with van der Waals surface area (Å²) in [6.07, 6.45) is 0.846. The molecule has 1 aromatic heterocycles. The predicted molar refractivity (Wildman–Crippen MR) is 75.8 cm³/mol. The highest BCUT2D eigenvalue weighted by Gasteiger charge is 2.05. The van der Waals surface area contributed by atoms with Crippen molar-refractivity contribution in [2.45, 2.75) is 26.9 Å². The van der Waals surface area contributed by atoms with Gasteiger partial charge in [0.05, 0.1) is 6.61 Å². The molecule has 1 N–H and O–H groups in total. The van der Waals surface area contributed by atoms with Crippen molar-refractivity contribution in [3.8, 4) is 11.6 Å². The van der Waals surface area contributed by atoms with Gasteiger partial charge in [-0.25, -0.2) is 4.98 Å². The fourth-order valence-electron chi connectivity index (χ4n) is 1.86. The first-order valence-corrected chi connectivity index (χ1v) is 6.55. The topological polar surface area (TPSA) is 42.4 Å². The van der Waals surface area contributed by atoms with Crippen molar-refractivity contribution in [2.24, 2.45) is 0 Å². The number of nitrogens with zero attached hydrogens (tertiary/aromatic N) is 1. The van der Waals surface area contributed by atoms with Gasteiger partial charge >= 0.3 is 0 Å². The van der Waals surface area contributed by atoms with Crippen LogP contribution in [0.25, 0.3) is 0 Å². The number of aryl methyl sites for hydroxylation is 2. The van der Waals surface area contributed by atoms with Crippen LogP contribution in [0.4, 0.5) is 0 Å². The molecule has 3 nitrogen and oxygen atoms in total. The summed E-state index contributed by atoms with van der Waals surface area (Å²) in [5, 5.41) is 9.91. The van der Waals surface area contributed by atoms with Crippen molar-refractivity contribution in [3.63, 3.8) is 0 Å². The summed E-state index contributed by atoms with van der Waals surface area (Å²) in [5.41, 5.74) is 2.63. The number of aliphatic hydroxyl groups is 1. The highest BCUT2D eigenvalue weighted by atomic mass is 35.5. The van der Waals surface area contributed by atoms with E-state index in [1.165, 1.54) is 0 Å². The molecule has 0 saturated carbocycles. The van der Waals surface area contributed by atoms with E-state index in [0.29, 0.717) is 11.6 Å². The van der Waals surface area contributed by atoms with E-state index in [-0.39, 0.29) is 6.61 Å². The van der Waals surface area contributed by atoms with Crippen LogP contribution in [0.2, 0.25) is 5.02 Å². The molecular formula is C15H16ClNO2. The molecule has 0 atom stereocenters. The zero-order valence-corrected chi connectivity index (χ0v) is 11.7. The summed E-state index contributed by atoms with van der Waals surface area (Å²) in [6.45, 7) is 3.88. The zero-order valence-electron chi connectivity index (χ0n) is 11.0. The number of rotatable bonds is 4. The third-order valence-corrected chi connectivity index (χ3v) is 3.16. The van der Waals surface area contributed by atoms with Gasteiger partial charge in [0.2, 0.25) is 5.88 Å². The molecule has 0 unspecified atom stereocenters. The molecule has 100 valence electrons. The number of aliphatic hydroxyl groups excluding tert-OH is 1. The zero-order chi connectivity index (χ0) is 13.8. The van der Waals surface area contributed by atoms with Crippen LogP contribution in [-0.2, 0) is 13.0 Å². The Morgan fingerprint density at radius 3 is 2.74 bits per heavy atom. The molecule has 2 aromatic rings. The van der Waals surface area contributed by atoms with Gasteiger partial charge in [0.15, 0.2) is 0 Å². The van der Waals surface area contributed by atoms with E-state index in [0.717, 1.165) is 28.3 Å². The summed E-state index contributed by atoms with van der Waals surface area (Å²) in [6, 6.07) is 9.09. The van der Waals surface area contributed by atoms with Gasteiger partial charge in [-0.3, -0.25) is 0 Å². The third-order valence-electron chi connectivity index (χ3n) is 2.79. The highest BCUT2D eigenvalue weighted by Crippen LogP contribution is 2.26. The van der Waals surface area contributed by atoms with E-state index in [4.69, 9.17) is 16.3 Å². The Hall–Kier alpha value is -1.58. The maximum Gasteiger partial charge on any atom is 0.219 e. The largest absolute Gasteiger partial charge is 0.439 e. The number of halogens is 1. The average molecular weight is 278 g/mol. The average Bonchev–Trinajstić information content (AvgIpc) is 2.40. The van der Waals surface area contributed by atoms with Crippen molar-refractivity contribution in [2.75, 3.05) is 0 Å². The van der Waals surface area contributed by atoms with Gasteiger partial charge in [-0.05, 0) is 48.7 Å². The van der Waals surface area contributed by atoms with E-state index in [2.05, 4.69) is 4.98 Å². The fourth-order valence-corrected chi connectivity index (χ4v) is 2.11. The van der Waals surface area contributed by atoms with Crippen molar-refractivity contribution < 1.29 is 9.84 Å². The Morgan fingerprint density at radius 1 is 1.26 bits per heavy atom. The molecule has 0 amide bonds. The van der Waals surface area contributed by atoms with Gasteiger partial charge in [0, 0.05) is 16.8 Å². The van der Waals surface area contributed by atoms with Crippen LogP contribution in [-0.4, -0.2) is 10.1 Å². The Kier molecular flexibility index (Phi) is 4.40. The van der Waals surface area contributed by atoms with Crippen LogP contribution >= 0.6 is 11.6 Å². The predicted octanol–water partition coefficient (Wildman–Crippen LogP) is 3.89. The Morgan fingerprint density at radius 2 is 2.05 bits per heavy atom. The van der Waals surface area contributed by atoms with Crippen LogP contribution in [0, 0.1) is 6.92 Å². The van der Waals surface area contributed by atoms with E-state index in [1.54, 1.807) is 6.07 Å². The van der Waals surface area contributed by atoms with Crippen LogP contribution in [0.15, 0.2) is 30.3 Å². The number of pyridine rings is 1. The smallest absolute Gasteiger partial charge is 0.219 e. The van der Waals surface area contributed by atoms with Crippen LogP contribution < -0.4 is 4.74 Å². The van der Waals surface area contributed by atoms with Crippen LogP contribution in [0.5, 0.6) is 11.6 Å². The monoisotopic (exact) mass is 277 g/mol. The van der Waals surface area contributed by atoms with Gasteiger partial charge in [0.25, 0.3) is 0 Å². The molecule has 0 bridgehead atoms. The van der Waals surface area contributed by atoms with E-state index >= 15 is 0 Å². The second-order valence-electron chi connectivity index (χ2n) is 4.32. The van der Waals surface area contributed by atoms with Gasteiger partial charge < -0.3 is 9.84 Å². The summed E-state index contributed by atoms with van der Waals surface area (Å²) < 4.78 is 5.72. The second kappa shape index (κ2) is 6.04. The van der Waals surface area contributed by atoms with Gasteiger partial charge in [-0.2, -0.15) is 0 Å². The molecule has 0 aliphatic carbocycles. The van der Waals surface area contributed by atoms with Crippen LogP contribution in [0.3, 0.4) is 0 Å². The first kappa shape index (κ1) is 13.8. The van der Waals surface area contributed by atoms with E-state index in [1.807, 2.05) is 38.1 Å². The minimum atomic E-state index is -0.0272. The third kappa shape index (κ3) is 3.46. The first-order chi connectivity index (χ1) is 9.12. The highest BCUT2D eigenvalue weighted by molar-refractivity contribution is 6.31. The summed E-state index contributed by atoms with van der Waals surface area (Å²) in [4.78, 5) is 4.29. The number of hydrogen-bond donors (Lipinski definition) is 1. The molecular weight excluding hydrogens is 262 g/mol. The summed E-state index contributed by atoms with van der Waals surface area (Å²) in [5.74, 6) is 1.18. The first-order valence-electron chi connectivity index (χ1n) is 6.17. The maximum absolute atomic E-state index is 9.17. The number of ether oxygens (including phenoxy) is 1. The Labute approximate surface area is 117 Å². The van der Waals surface area contributed by atoms with Crippen molar-refractivity contribution in [1.29, 1.82) is 0 Å². The standard InChI is InChI=1S/C15H16ClNO2/c1-3-12-8-13(4-5-14(12)16)19-15-7-11(9-18)6-10(2)17-15/h4-8,18H,3,9H2,1-2H3. The quantitative estimate of drug-likeness (QED) is 0.922. The fraction of sp³-hybridized carbons (Fsp3) is 0.267. The molecule has 0 fully saturated rings. The van der Waals surface area contributed by atoms with Crippen molar-refractivity contribution in [3.05, 3.63) is 52.2 Å². The van der Waals surface area contributed by atoms with E-state index in [9.17, 15) is 5.11 Å². The molecule has 0 spiro atoms. The second-order valence-corrected chi connectivity index (χ2v) is 4.73. The Bertz CT molecular complexity index is 584. The molecule has 0 saturated heterocycles. The van der Waals surface area contributed by atoms with E-state index < -0.39 is 0 Å². The molecule has 0 radical (unpaired) electrons. The molecule has 2 rings (SSSR count). The lowest BCUT2D eigenvalue weighted by atomic mass is 10.1. The minimum Gasteiger partial charge on any atom is -0.439 e. The summed E-state index contributed by atoms with van der Waals surface area (Å²) in [7, 11) is 0. The number of aromatic nitrogens is 1. The Balaban J connectivity index is 2.28. The molecule has 1 aromatic carbocycles. The van der Waals surface area contributed by atoms with Gasteiger partial charge in [-0.1, -0.05) is 18.5 Å². The summed E-state index contributed by atoms with van der Waals surface area (Å²) >= 11 is 6.07. The molecule has 19 heavy (non-hydrogen) atoms. The minimum absolute atomic E-state index is 0.0272. The number of hydrogen-bond acceptors (Lipinski definition) is 3. The number of benzene rings is 1. The lowest BCUT2D eigenvalue weighted by molar-refractivity contribution is 0.281. The normalized spacial score (nSPS) is 10.5. The van der Waals surface area contributed by atoms with Crippen LogP contribution in [0.1, 0.15) is 23.7 Å². The molecule has 1 heterocycles. The van der Waals surface area contributed by atoms with Gasteiger partial charge in [-0.15, -0.1) is 0 Å². The SMILES string of the molecule is CCc1cc(Oc2cc(CO)cc(C)n2)ccc1Cl. The lowest BCUT2D eigenvalue weighted by Crippen LogP contribution is -1.94. The van der Waals surface area contributed by atoms with Crippen molar-refractivity contribution >= 4 is 11.6 Å². The molecule has 0 aliphatic heterocycles. The van der Waals surface area contributed by atoms with Gasteiger partial charge in [0.1, 0.15) is 5.75 Å². The maximum atomic E-state index is 9.17. The molecule has 0 aliphatic rings. The van der Waals surface area contributed by atoms with Crippen molar-refractivity contribution in [1.82, 2.24) is 4.98 Å². The lowest BCUT2D eigenvalue weighted by Gasteiger charge is -2.09. The molecule has 4 heteroatoms.